The van der Waals surface area contributed by atoms with Crippen LogP contribution in [0, 0.1) is 0 Å². The molecule has 4 rings (SSSR count). The molecule has 1 atom stereocenters. The Morgan fingerprint density at radius 1 is 1.23 bits per heavy atom. The number of carbonyl (C=O) groups excluding carboxylic acids is 2. The third-order valence-electron chi connectivity index (χ3n) is 5.39. The van der Waals surface area contributed by atoms with Crippen molar-refractivity contribution < 1.29 is 27.8 Å². The summed E-state index contributed by atoms with van der Waals surface area (Å²) in [5.41, 5.74) is 0.0358. The van der Waals surface area contributed by atoms with E-state index >= 15 is 0 Å². The molecule has 0 aliphatic carbocycles. The van der Waals surface area contributed by atoms with Gasteiger partial charge in [-0.25, -0.2) is 0 Å². The highest BCUT2D eigenvalue weighted by molar-refractivity contribution is 5.97. The van der Waals surface area contributed by atoms with E-state index in [-0.39, 0.29) is 29.8 Å². The fourth-order valence-corrected chi connectivity index (χ4v) is 4.06. The molecule has 1 spiro atoms. The Morgan fingerprint density at radius 2 is 2.00 bits per heavy atom. The van der Waals surface area contributed by atoms with Gasteiger partial charge in [0, 0.05) is 6.54 Å². The van der Waals surface area contributed by atoms with Crippen LogP contribution in [0.3, 0.4) is 0 Å². The van der Waals surface area contributed by atoms with Gasteiger partial charge in [-0.15, -0.1) is 0 Å². The number of halogens is 2. The molecule has 0 unspecified atom stereocenters. The number of hydrogen-bond acceptors (Lipinski definition) is 5. The Balaban J connectivity index is 1.43. The minimum Gasteiger partial charge on any atom is -0.483 e. The standard InChI is InChI=1S/C22H23F2N3O4/c23-21(24)30-18-9-4-2-7-16(18)26-19(28)12-27-11-5-10-22(14-27)13-25-20(29)15-6-1-3-8-17(15)31-22/h1-4,6-9,21H,5,10-14H2,(H,25,29)(H,26,28)/t22-/m1/s1. The number of alkyl halides is 2. The zero-order valence-electron chi connectivity index (χ0n) is 16.8. The lowest BCUT2D eigenvalue weighted by molar-refractivity contribution is -0.118. The summed E-state index contributed by atoms with van der Waals surface area (Å²) in [6, 6.07) is 13.2. The highest BCUT2D eigenvalue weighted by Crippen LogP contribution is 2.32. The molecule has 0 radical (unpaired) electrons. The second kappa shape index (κ2) is 8.89. The van der Waals surface area contributed by atoms with Crippen molar-refractivity contribution in [3.8, 4) is 11.5 Å². The van der Waals surface area contributed by atoms with Crippen molar-refractivity contribution >= 4 is 17.5 Å². The van der Waals surface area contributed by atoms with Crippen LogP contribution >= 0.6 is 0 Å². The molecule has 2 amide bonds. The third kappa shape index (κ3) is 4.93. The number of rotatable bonds is 5. The van der Waals surface area contributed by atoms with Crippen LogP contribution in [-0.4, -0.2) is 55.1 Å². The van der Waals surface area contributed by atoms with E-state index in [0.717, 1.165) is 12.8 Å². The lowest BCUT2D eigenvalue weighted by atomic mass is 9.92. The molecule has 2 N–H and O–H groups in total. The molecule has 164 valence electrons. The predicted octanol–water partition coefficient (Wildman–Crippen LogP) is 2.88. The first-order valence-electron chi connectivity index (χ1n) is 10.1. The zero-order chi connectivity index (χ0) is 21.8. The number of para-hydroxylation sites is 3. The van der Waals surface area contributed by atoms with E-state index in [1.165, 1.54) is 12.1 Å². The van der Waals surface area contributed by atoms with Gasteiger partial charge < -0.3 is 20.1 Å². The van der Waals surface area contributed by atoms with Crippen molar-refractivity contribution in [1.82, 2.24) is 10.2 Å². The molecule has 1 fully saturated rings. The smallest absolute Gasteiger partial charge is 0.387 e. The highest BCUT2D eigenvalue weighted by atomic mass is 19.3. The van der Waals surface area contributed by atoms with Crippen molar-refractivity contribution in [3.05, 3.63) is 54.1 Å². The number of benzene rings is 2. The quantitative estimate of drug-likeness (QED) is 0.761. The lowest BCUT2D eigenvalue weighted by Gasteiger charge is -2.41. The first-order chi connectivity index (χ1) is 14.9. The summed E-state index contributed by atoms with van der Waals surface area (Å²) in [5.74, 6) is -0.0901. The molecule has 7 nitrogen and oxygen atoms in total. The first kappa shape index (κ1) is 21.0. The number of nitrogens with zero attached hydrogens (tertiary/aromatic N) is 1. The number of amides is 2. The molecule has 31 heavy (non-hydrogen) atoms. The van der Waals surface area contributed by atoms with Gasteiger partial charge in [0.05, 0.1) is 24.3 Å². The van der Waals surface area contributed by atoms with E-state index in [4.69, 9.17) is 4.74 Å². The average Bonchev–Trinajstić information content (AvgIpc) is 2.86. The fraction of sp³-hybridized carbons (Fsp3) is 0.364. The Kier molecular flexibility index (Phi) is 6.03. The van der Waals surface area contributed by atoms with E-state index < -0.39 is 12.2 Å². The number of hydrogen-bond donors (Lipinski definition) is 2. The van der Waals surface area contributed by atoms with Crippen LogP contribution in [0.2, 0.25) is 0 Å². The van der Waals surface area contributed by atoms with Gasteiger partial charge in [-0.1, -0.05) is 24.3 Å². The Morgan fingerprint density at radius 3 is 2.84 bits per heavy atom. The Bertz CT molecular complexity index is 971. The summed E-state index contributed by atoms with van der Waals surface area (Å²) in [4.78, 5) is 26.9. The van der Waals surface area contributed by atoms with Gasteiger partial charge in [-0.3, -0.25) is 14.5 Å². The Labute approximate surface area is 178 Å². The SMILES string of the molecule is O=C(CN1CCC[C@@]2(CNC(=O)c3ccccc3O2)C1)Nc1ccccc1OC(F)F. The van der Waals surface area contributed by atoms with Crippen LogP contribution in [-0.2, 0) is 4.79 Å². The van der Waals surface area contributed by atoms with E-state index in [2.05, 4.69) is 15.4 Å². The molecule has 0 aromatic heterocycles. The van der Waals surface area contributed by atoms with E-state index in [1.807, 2.05) is 11.0 Å². The van der Waals surface area contributed by atoms with Crippen LogP contribution in [0.15, 0.2) is 48.5 Å². The van der Waals surface area contributed by atoms with Crippen LogP contribution < -0.4 is 20.1 Å². The van der Waals surface area contributed by atoms with Crippen molar-refractivity contribution in [2.24, 2.45) is 0 Å². The van der Waals surface area contributed by atoms with Crippen molar-refractivity contribution in [2.45, 2.75) is 25.1 Å². The minimum atomic E-state index is -2.98. The van der Waals surface area contributed by atoms with Crippen LogP contribution in [0.25, 0.3) is 0 Å². The lowest BCUT2D eigenvalue weighted by Crippen LogP contribution is -2.57. The summed E-state index contributed by atoms with van der Waals surface area (Å²) < 4.78 is 35.9. The number of fused-ring (bicyclic) bond motifs is 1. The third-order valence-corrected chi connectivity index (χ3v) is 5.39. The molecule has 0 bridgehead atoms. The number of anilines is 1. The molecule has 0 saturated carbocycles. The molecule has 2 aliphatic rings. The van der Waals surface area contributed by atoms with Gasteiger partial charge in [0.1, 0.15) is 17.1 Å². The van der Waals surface area contributed by atoms with Crippen molar-refractivity contribution in [3.63, 3.8) is 0 Å². The normalized spacial score (nSPS) is 21.1. The molecule has 2 heterocycles. The fourth-order valence-electron chi connectivity index (χ4n) is 4.06. The molecular weight excluding hydrogens is 408 g/mol. The van der Waals surface area contributed by atoms with Crippen molar-refractivity contribution in [2.75, 3.05) is 31.5 Å². The van der Waals surface area contributed by atoms with Gasteiger partial charge in [0.2, 0.25) is 5.91 Å². The summed E-state index contributed by atoms with van der Waals surface area (Å²) in [6.45, 7) is -1.45. The minimum absolute atomic E-state index is 0.0592. The molecule has 2 aromatic carbocycles. The highest BCUT2D eigenvalue weighted by Gasteiger charge is 2.41. The zero-order valence-corrected chi connectivity index (χ0v) is 16.8. The van der Waals surface area contributed by atoms with E-state index in [1.54, 1.807) is 30.3 Å². The largest absolute Gasteiger partial charge is 0.483 e. The first-order valence-corrected chi connectivity index (χ1v) is 10.1. The summed E-state index contributed by atoms with van der Waals surface area (Å²) >= 11 is 0. The van der Waals surface area contributed by atoms with Crippen LogP contribution in [0.5, 0.6) is 11.5 Å². The van der Waals surface area contributed by atoms with Gasteiger partial charge >= 0.3 is 6.61 Å². The van der Waals surface area contributed by atoms with Gasteiger partial charge in [-0.2, -0.15) is 8.78 Å². The van der Waals surface area contributed by atoms with E-state index in [0.29, 0.717) is 30.9 Å². The monoisotopic (exact) mass is 431 g/mol. The maximum atomic E-state index is 12.6. The number of nitrogens with one attached hydrogen (secondary N) is 2. The van der Waals surface area contributed by atoms with E-state index in [9.17, 15) is 18.4 Å². The maximum Gasteiger partial charge on any atom is 0.387 e. The molecule has 1 saturated heterocycles. The average molecular weight is 431 g/mol. The second-order valence-electron chi connectivity index (χ2n) is 7.70. The predicted molar refractivity (Wildman–Crippen MR) is 110 cm³/mol. The van der Waals surface area contributed by atoms with Gasteiger partial charge in [0.15, 0.2) is 0 Å². The topological polar surface area (TPSA) is 79.9 Å². The van der Waals surface area contributed by atoms with Gasteiger partial charge in [-0.05, 0) is 43.7 Å². The number of piperidine rings is 1. The molecule has 2 aliphatic heterocycles. The molecule has 2 aromatic rings. The second-order valence-corrected chi connectivity index (χ2v) is 7.70. The van der Waals surface area contributed by atoms with Gasteiger partial charge in [0.25, 0.3) is 5.91 Å². The summed E-state index contributed by atoms with van der Waals surface area (Å²) in [6.07, 6.45) is 1.53. The molecular formula is C22H23F2N3O4. The summed E-state index contributed by atoms with van der Waals surface area (Å²) in [5, 5.41) is 5.56. The molecule has 9 heteroatoms. The number of ether oxygens (including phenoxy) is 2. The van der Waals surface area contributed by atoms with Crippen LogP contribution in [0.1, 0.15) is 23.2 Å². The Hall–Kier alpha value is -3.20. The maximum absolute atomic E-state index is 12.6. The van der Waals surface area contributed by atoms with Crippen LogP contribution in [0.4, 0.5) is 14.5 Å². The number of likely N-dealkylation sites (tertiary alicyclic amines) is 1. The summed E-state index contributed by atoms with van der Waals surface area (Å²) in [7, 11) is 0. The number of carbonyl (C=O) groups is 2. The van der Waals surface area contributed by atoms with Crippen molar-refractivity contribution in [1.29, 1.82) is 0 Å².